The lowest BCUT2D eigenvalue weighted by atomic mass is 9.84. The summed E-state index contributed by atoms with van der Waals surface area (Å²) in [4.78, 5) is 26.8. The second kappa shape index (κ2) is 7.07. The van der Waals surface area contributed by atoms with Gasteiger partial charge in [-0.25, -0.2) is 0 Å². The topological polar surface area (TPSA) is 60.9 Å². The minimum absolute atomic E-state index is 0.00285. The molecule has 118 valence electrons. The van der Waals surface area contributed by atoms with E-state index in [0.29, 0.717) is 6.54 Å². The Bertz CT molecular complexity index is 349. The second-order valence-corrected chi connectivity index (χ2v) is 7.56. The number of nitrogens with zero attached hydrogens (tertiary/aromatic N) is 2. The summed E-state index contributed by atoms with van der Waals surface area (Å²) in [6.07, 6.45) is 0.265. The first-order valence-electron chi connectivity index (χ1n) is 6.95. The van der Waals surface area contributed by atoms with E-state index in [1.54, 1.807) is 11.9 Å². The fraction of sp³-hybridized carbons (Fsp3) is 0.867. The Labute approximate surface area is 122 Å². The maximum absolute atomic E-state index is 12.2. The number of carbonyl (C=O) groups excluding carboxylic acids is 1. The Morgan fingerprint density at radius 1 is 0.900 bits per heavy atom. The smallest absolute Gasteiger partial charge is 0.303 e. The first-order valence-corrected chi connectivity index (χ1v) is 6.95. The summed E-state index contributed by atoms with van der Waals surface area (Å²) < 4.78 is 0. The van der Waals surface area contributed by atoms with Crippen molar-refractivity contribution < 1.29 is 14.7 Å². The van der Waals surface area contributed by atoms with Crippen LogP contribution in [0.25, 0.3) is 0 Å². The van der Waals surface area contributed by atoms with Crippen LogP contribution in [0.4, 0.5) is 0 Å². The maximum Gasteiger partial charge on any atom is 0.303 e. The van der Waals surface area contributed by atoms with Gasteiger partial charge in [0, 0.05) is 26.6 Å². The Hall–Kier alpha value is -1.10. The first-order chi connectivity index (χ1) is 8.84. The minimum atomic E-state index is -0.863. The number of amides is 1. The third-order valence-corrected chi connectivity index (χ3v) is 3.09. The van der Waals surface area contributed by atoms with E-state index >= 15 is 0 Å². The van der Waals surface area contributed by atoms with Crippen LogP contribution in [0.3, 0.4) is 0 Å². The van der Waals surface area contributed by atoms with E-state index in [1.807, 2.05) is 27.9 Å². The Kier molecular flexibility index (Phi) is 6.68. The highest BCUT2D eigenvalue weighted by atomic mass is 16.4. The van der Waals surface area contributed by atoms with E-state index in [-0.39, 0.29) is 24.2 Å². The van der Waals surface area contributed by atoms with Gasteiger partial charge >= 0.3 is 5.97 Å². The molecule has 0 bridgehead atoms. The van der Waals surface area contributed by atoms with Crippen LogP contribution in [0.2, 0.25) is 0 Å². The normalized spacial score (nSPS) is 12.6. The molecule has 0 aromatic rings. The molecule has 5 heteroatoms. The van der Waals surface area contributed by atoms with Crippen LogP contribution in [0.15, 0.2) is 0 Å². The first kappa shape index (κ1) is 18.9. The van der Waals surface area contributed by atoms with Gasteiger partial charge in [-0.2, -0.15) is 0 Å². The van der Waals surface area contributed by atoms with Gasteiger partial charge in [0.25, 0.3) is 0 Å². The van der Waals surface area contributed by atoms with Gasteiger partial charge in [-0.1, -0.05) is 27.7 Å². The molecule has 0 fully saturated rings. The number of aliphatic carboxylic acids is 1. The second-order valence-electron chi connectivity index (χ2n) is 7.56. The van der Waals surface area contributed by atoms with Crippen molar-refractivity contribution in [1.29, 1.82) is 0 Å². The third-order valence-electron chi connectivity index (χ3n) is 3.09. The summed E-state index contributed by atoms with van der Waals surface area (Å²) in [5, 5.41) is 8.86. The average Bonchev–Trinajstić information content (AvgIpc) is 2.10. The third kappa shape index (κ3) is 8.15. The molecule has 0 saturated carbocycles. The molecular formula is C15H30N2O3. The lowest BCUT2D eigenvalue weighted by Gasteiger charge is -2.34. The van der Waals surface area contributed by atoms with Crippen LogP contribution in [-0.2, 0) is 9.59 Å². The standard InChI is InChI=1S/C15H30N2O3/c1-14(2,9-13(19)20)8-12(18)17(7)11-15(3,4)10-16(5)6/h8-11H2,1-7H3,(H,19,20). The molecule has 0 rings (SSSR count). The molecular weight excluding hydrogens is 256 g/mol. The van der Waals surface area contributed by atoms with Crippen molar-refractivity contribution >= 4 is 11.9 Å². The van der Waals surface area contributed by atoms with E-state index in [2.05, 4.69) is 18.7 Å². The molecule has 0 saturated heterocycles. The SMILES string of the molecule is CN(C)CC(C)(C)CN(C)C(=O)CC(C)(C)CC(=O)O. The van der Waals surface area contributed by atoms with E-state index in [1.165, 1.54) is 0 Å². The van der Waals surface area contributed by atoms with Crippen molar-refractivity contribution in [2.45, 2.75) is 40.5 Å². The minimum Gasteiger partial charge on any atom is -0.481 e. The van der Waals surface area contributed by atoms with E-state index in [4.69, 9.17) is 5.11 Å². The number of hydrogen-bond donors (Lipinski definition) is 1. The van der Waals surface area contributed by atoms with E-state index < -0.39 is 11.4 Å². The van der Waals surface area contributed by atoms with Crippen LogP contribution in [0.5, 0.6) is 0 Å². The molecule has 20 heavy (non-hydrogen) atoms. The summed E-state index contributed by atoms with van der Waals surface area (Å²) in [5.74, 6) is -0.860. The van der Waals surface area contributed by atoms with E-state index in [9.17, 15) is 9.59 Å². The number of carboxylic acid groups (broad SMARTS) is 1. The van der Waals surface area contributed by atoms with Gasteiger partial charge in [0.2, 0.25) is 5.91 Å². The molecule has 0 atom stereocenters. The zero-order valence-electron chi connectivity index (χ0n) is 14.0. The predicted molar refractivity (Wildman–Crippen MR) is 80.6 cm³/mol. The molecule has 0 radical (unpaired) electrons. The molecule has 0 aliphatic heterocycles. The summed E-state index contributed by atoms with van der Waals surface area (Å²) >= 11 is 0. The fourth-order valence-electron chi connectivity index (χ4n) is 2.65. The number of hydrogen-bond acceptors (Lipinski definition) is 3. The lowest BCUT2D eigenvalue weighted by molar-refractivity contribution is -0.140. The molecule has 5 nitrogen and oxygen atoms in total. The fourth-order valence-corrected chi connectivity index (χ4v) is 2.65. The molecule has 0 aromatic heterocycles. The van der Waals surface area contributed by atoms with Crippen LogP contribution in [-0.4, -0.2) is 61.0 Å². The van der Waals surface area contributed by atoms with Crippen molar-refractivity contribution in [2.24, 2.45) is 10.8 Å². The summed E-state index contributed by atoms with van der Waals surface area (Å²) in [6.45, 7) is 9.43. The molecule has 1 N–H and O–H groups in total. The molecule has 0 heterocycles. The zero-order valence-corrected chi connectivity index (χ0v) is 14.0. The van der Waals surface area contributed by atoms with Crippen LogP contribution in [0.1, 0.15) is 40.5 Å². The summed E-state index contributed by atoms with van der Waals surface area (Å²) in [5.41, 5.74) is -0.506. The highest BCUT2D eigenvalue weighted by Crippen LogP contribution is 2.26. The Morgan fingerprint density at radius 3 is 1.80 bits per heavy atom. The largest absolute Gasteiger partial charge is 0.481 e. The van der Waals surface area contributed by atoms with Crippen molar-refractivity contribution in [2.75, 3.05) is 34.2 Å². The summed E-state index contributed by atoms with van der Waals surface area (Å²) in [6, 6.07) is 0. The van der Waals surface area contributed by atoms with Crippen molar-refractivity contribution in [3.05, 3.63) is 0 Å². The monoisotopic (exact) mass is 286 g/mol. The van der Waals surface area contributed by atoms with Gasteiger partial charge in [0.05, 0.1) is 6.42 Å². The van der Waals surface area contributed by atoms with E-state index in [0.717, 1.165) is 6.54 Å². The van der Waals surface area contributed by atoms with Crippen LogP contribution in [0, 0.1) is 10.8 Å². The molecule has 0 aliphatic rings. The quantitative estimate of drug-likeness (QED) is 0.740. The Morgan fingerprint density at radius 2 is 1.40 bits per heavy atom. The summed E-state index contributed by atoms with van der Waals surface area (Å²) in [7, 11) is 5.82. The zero-order chi connectivity index (χ0) is 16.1. The predicted octanol–water partition coefficient (Wildman–Crippen LogP) is 1.92. The van der Waals surface area contributed by atoms with Gasteiger partial charge in [-0.15, -0.1) is 0 Å². The van der Waals surface area contributed by atoms with Crippen molar-refractivity contribution in [3.8, 4) is 0 Å². The molecule has 0 aromatic carbocycles. The van der Waals surface area contributed by atoms with Crippen molar-refractivity contribution in [1.82, 2.24) is 9.80 Å². The maximum atomic E-state index is 12.2. The van der Waals surface area contributed by atoms with Gasteiger partial charge in [0.15, 0.2) is 0 Å². The molecule has 0 unspecified atom stereocenters. The average molecular weight is 286 g/mol. The molecule has 0 aliphatic carbocycles. The lowest BCUT2D eigenvalue weighted by Crippen LogP contribution is -2.42. The highest BCUT2D eigenvalue weighted by Gasteiger charge is 2.29. The van der Waals surface area contributed by atoms with Crippen molar-refractivity contribution in [3.63, 3.8) is 0 Å². The Balaban J connectivity index is 4.52. The molecule has 0 spiro atoms. The van der Waals surface area contributed by atoms with Gasteiger partial charge < -0.3 is 14.9 Å². The number of rotatable bonds is 8. The number of carbonyl (C=O) groups is 2. The van der Waals surface area contributed by atoms with Crippen LogP contribution < -0.4 is 0 Å². The van der Waals surface area contributed by atoms with Crippen LogP contribution >= 0.6 is 0 Å². The van der Waals surface area contributed by atoms with Gasteiger partial charge in [0.1, 0.15) is 0 Å². The van der Waals surface area contributed by atoms with Gasteiger partial charge in [-0.05, 0) is 24.9 Å². The highest BCUT2D eigenvalue weighted by molar-refractivity contribution is 5.77. The number of carboxylic acids is 1. The van der Waals surface area contributed by atoms with Gasteiger partial charge in [-0.3, -0.25) is 9.59 Å². The molecule has 1 amide bonds.